The molecule has 1 atom stereocenters. The topological polar surface area (TPSA) is 84.6 Å². The maximum absolute atomic E-state index is 13.3. The van der Waals surface area contributed by atoms with E-state index in [1.54, 1.807) is 6.07 Å². The summed E-state index contributed by atoms with van der Waals surface area (Å²) in [6, 6.07) is 3.74. The zero-order valence-electron chi connectivity index (χ0n) is 9.44. The number of rotatable bonds is 5. The summed E-state index contributed by atoms with van der Waals surface area (Å²) >= 11 is 0. The summed E-state index contributed by atoms with van der Waals surface area (Å²) in [5, 5.41) is 8.36. The van der Waals surface area contributed by atoms with Gasteiger partial charge in [0.2, 0.25) is 0 Å². The average molecular weight is 242 g/mol. The Hall–Kier alpha value is -1.66. The minimum atomic E-state index is -0.815. The highest BCUT2D eigenvalue weighted by Gasteiger charge is 2.12. The smallest absolute Gasteiger partial charge is 0.260 e. The summed E-state index contributed by atoms with van der Waals surface area (Å²) in [5.74, 6) is -0.935. The third kappa shape index (κ3) is 3.69. The van der Waals surface area contributed by atoms with Crippen LogP contribution in [0.4, 0.5) is 4.39 Å². The molecule has 0 fully saturated rings. The lowest BCUT2D eigenvalue weighted by atomic mass is 10.1. The highest BCUT2D eigenvalue weighted by atomic mass is 19.1. The largest absolute Gasteiger partial charge is 0.494 e. The maximum atomic E-state index is 13.3. The van der Waals surface area contributed by atoms with Gasteiger partial charge in [-0.2, -0.15) is 0 Å². The molecule has 0 saturated carbocycles. The number of hydroxylamine groups is 1. The Labute approximate surface area is 98.3 Å². The monoisotopic (exact) mass is 242 g/mol. The van der Waals surface area contributed by atoms with Crippen LogP contribution in [0.2, 0.25) is 0 Å². The van der Waals surface area contributed by atoms with Crippen molar-refractivity contribution in [1.29, 1.82) is 0 Å². The standard InChI is InChI=1S/C11H15FN2O3/c1-17-10-5-3-7(6-8(10)12)2-4-9(13)11(15)14-16/h3,5-6,9,16H,2,4,13H2,1H3,(H,14,15)/t9-/m0/s1. The zero-order valence-corrected chi connectivity index (χ0v) is 9.44. The molecule has 0 aliphatic rings. The van der Waals surface area contributed by atoms with Crippen LogP contribution in [0, 0.1) is 5.82 Å². The number of nitrogens with two attached hydrogens (primary N) is 1. The number of aryl methyl sites for hydroxylation is 1. The van der Waals surface area contributed by atoms with Crippen LogP contribution in [-0.4, -0.2) is 24.3 Å². The SMILES string of the molecule is COc1ccc(CC[C@H](N)C(=O)NO)cc1F. The van der Waals surface area contributed by atoms with Crippen molar-refractivity contribution in [3.8, 4) is 5.75 Å². The van der Waals surface area contributed by atoms with Crippen molar-refractivity contribution in [2.45, 2.75) is 18.9 Å². The number of benzene rings is 1. The molecule has 0 saturated heterocycles. The Kier molecular flexibility index (Phi) is 4.86. The predicted molar refractivity (Wildman–Crippen MR) is 59.2 cm³/mol. The van der Waals surface area contributed by atoms with Gasteiger partial charge in [-0.25, -0.2) is 9.87 Å². The van der Waals surface area contributed by atoms with E-state index in [1.807, 2.05) is 0 Å². The van der Waals surface area contributed by atoms with Crippen LogP contribution >= 0.6 is 0 Å². The summed E-state index contributed by atoms with van der Waals surface area (Å²) in [6.45, 7) is 0. The van der Waals surface area contributed by atoms with E-state index >= 15 is 0 Å². The third-order valence-corrected chi connectivity index (χ3v) is 2.41. The number of halogens is 1. The second-order valence-corrected chi connectivity index (χ2v) is 3.59. The van der Waals surface area contributed by atoms with E-state index in [1.165, 1.54) is 24.7 Å². The van der Waals surface area contributed by atoms with Crippen LogP contribution in [-0.2, 0) is 11.2 Å². The molecule has 6 heteroatoms. The number of hydrogen-bond acceptors (Lipinski definition) is 4. The minimum Gasteiger partial charge on any atom is -0.494 e. The highest BCUT2D eigenvalue weighted by Crippen LogP contribution is 2.18. The number of methoxy groups -OCH3 is 1. The van der Waals surface area contributed by atoms with Crippen LogP contribution in [0.3, 0.4) is 0 Å². The van der Waals surface area contributed by atoms with Crippen LogP contribution < -0.4 is 16.0 Å². The summed E-state index contributed by atoms with van der Waals surface area (Å²) in [4.78, 5) is 10.9. The molecule has 0 heterocycles. The van der Waals surface area contributed by atoms with E-state index in [0.29, 0.717) is 18.4 Å². The molecular formula is C11H15FN2O3. The molecule has 1 rings (SSSR count). The first-order valence-corrected chi connectivity index (χ1v) is 5.10. The molecule has 1 aromatic rings. The Balaban J connectivity index is 2.58. The first-order chi connectivity index (χ1) is 8.08. The normalized spacial score (nSPS) is 12.0. The number of ether oxygens (including phenoxy) is 1. The highest BCUT2D eigenvalue weighted by molar-refractivity contribution is 5.80. The summed E-state index contributed by atoms with van der Waals surface area (Å²) < 4.78 is 18.1. The van der Waals surface area contributed by atoms with Crippen molar-refractivity contribution in [3.05, 3.63) is 29.6 Å². The van der Waals surface area contributed by atoms with Gasteiger partial charge in [-0.3, -0.25) is 10.0 Å². The summed E-state index contributed by atoms with van der Waals surface area (Å²) in [5.41, 5.74) is 7.66. The summed E-state index contributed by atoms with van der Waals surface area (Å²) in [6.07, 6.45) is 0.758. The quantitative estimate of drug-likeness (QED) is 0.521. The van der Waals surface area contributed by atoms with Crippen molar-refractivity contribution in [3.63, 3.8) is 0 Å². The van der Waals surface area contributed by atoms with Gasteiger partial charge >= 0.3 is 0 Å². The molecule has 0 spiro atoms. The van der Waals surface area contributed by atoms with E-state index in [4.69, 9.17) is 15.7 Å². The van der Waals surface area contributed by atoms with Gasteiger partial charge in [0, 0.05) is 0 Å². The predicted octanol–water partition coefficient (Wildman–Crippen LogP) is 0.600. The second kappa shape index (κ2) is 6.17. The maximum Gasteiger partial charge on any atom is 0.260 e. The second-order valence-electron chi connectivity index (χ2n) is 3.59. The number of carbonyl (C=O) groups is 1. The van der Waals surface area contributed by atoms with Gasteiger partial charge < -0.3 is 10.5 Å². The molecule has 0 aliphatic carbocycles. The number of hydrogen-bond donors (Lipinski definition) is 3. The van der Waals surface area contributed by atoms with Crippen molar-refractivity contribution in [2.24, 2.45) is 5.73 Å². The molecule has 17 heavy (non-hydrogen) atoms. The lowest BCUT2D eigenvalue weighted by Gasteiger charge is -2.09. The fraction of sp³-hybridized carbons (Fsp3) is 0.364. The summed E-state index contributed by atoms with van der Waals surface area (Å²) in [7, 11) is 1.39. The Morgan fingerprint density at radius 1 is 1.65 bits per heavy atom. The van der Waals surface area contributed by atoms with Gasteiger partial charge in [-0.15, -0.1) is 0 Å². The molecule has 0 aromatic heterocycles. The molecule has 4 N–H and O–H groups in total. The first kappa shape index (κ1) is 13.4. The number of carbonyl (C=O) groups excluding carboxylic acids is 1. The molecule has 1 aromatic carbocycles. The molecule has 0 unspecified atom stereocenters. The van der Waals surface area contributed by atoms with Gasteiger partial charge in [-0.05, 0) is 30.5 Å². The fourth-order valence-corrected chi connectivity index (χ4v) is 1.40. The molecule has 0 aliphatic heterocycles. The average Bonchev–Trinajstić information content (AvgIpc) is 2.35. The van der Waals surface area contributed by atoms with Crippen molar-refractivity contribution in [1.82, 2.24) is 5.48 Å². The van der Waals surface area contributed by atoms with E-state index in [2.05, 4.69) is 0 Å². The van der Waals surface area contributed by atoms with E-state index in [0.717, 1.165) is 0 Å². The van der Waals surface area contributed by atoms with Crippen molar-refractivity contribution >= 4 is 5.91 Å². The van der Waals surface area contributed by atoms with Crippen LogP contribution in [0.5, 0.6) is 5.75 Å². The molecule has 94 valence electrons. The van der Waals surface area contributed by atoms with Gasteiger partial charge in [0.15, 0.2) is 11.6 Å². The van der Waals surface area contributed by atoms with Gasteiger partial charge in [0.1, 0.15) is 0 Å². The number of amides is 1. The zero-order chi connectivity index (χ0) is 12.8. The van der Waals surface area contributed by atoms with Crippen LogP contribution in [0.15, 0.2) is 18.2 Å². The molecule has 1 amide bonds. The van der Waals surface area contributed by atoms with Crippen molar-refractivity contribution in [2.75, 3.05) is 7.11 Å². The molecule has 0 bridgehead atoms. The van der Waals surface area contributed by atoms with E-state index in [9.17, 15) is 9.18 Å². The van der Waals surface area contributed by atoms with Crippen molar-refractivity contribution < 1.29 is 19.1 Å². The number of nitrogens with one attached hydrogen (secondary N) is 1. The van der Waals surface area contributed by atoms with Gasteiger partial charge in [0.25, 0.3) is 5.91 Å². The van der Waals surface area contributed by atoms with Gasteiger partial charge in [0.05, 0.1) is 13.2 Å². The van der Waals surface area contributed by atoms with E-state index in [-0.39, 0.29) is 5.75 Å². The molecule has 0 radical (unpaired) electrons. The molecule has 5 nitrogen and oxygen atoms in total. The Morgan fingerprint density at radius 3 is 2.88 bits per heavy atom. The van der Waals surface area contributed by atoms with Crippen LogP contribution in [0.25, 0.3) is 0 Å². The molecular weight excluding hydrogens is 227 g/mol. The Bertz CT molecular complexity index is 398. The lowest BCUT2D eigenvalue weighted by molar-refractivity contribution is -0.130. The Morgan fingerprint density at radius 2 is 2.35 bits per heavy atom. The lowest BCUT2D eigenvalue weighted by Crippen LogP contribution is -2.39. The van der Waals surface area contributed by atoms with Gasteiger partial charge in [-0.1, -0.05) is 6.07 Å². The third-order valence-electron chi connectivity index (χ3n) is 2.41. The van der Waals surface area contributed by atoms with E-state index < -0.39 is 17.8 Å². The minimum absolute atomic E-state index is 0.172. The first-order valence-electron chi connectivity index (χ1n) is 5.10. The van der Waals surface area contributed by atoms with Crippen LogP contribution in [0.1, 0.15) is 12.0 Å². The fourth-order valence-electron chi connectivity index (χ4n) is 1.40.